The van der Waals surface area contributed by atoms with Crippen molar-refractivity contribution in [2.24, 2.45) is 0 Å². The van der Waals surface area contributed by atoms with Crippen molar-refractivity contribution in [3.63, 3.8) is 0 Å². The minimum absolute atomic E-state index is 0.00231. The Labute approximate surface area is 73.1 Å². The summed E-state index contributed by atoms with van der Waals surface area (Å²) < 4.78 is 5.40. The maximum absolute atomic E-state index is 9.38. The van der Waals surface area contributed by atoms with Gasteiger partial charge in [0.1, 0.15) is 11.5 Å². The van der Waals surface area contributed by atoms with Crippen LogP contribution in [0.3, 0.4) is 0 Å². The molecule has 1 atom stereocenters. The Kier molecular flexibility index (Phi) is 1.98. The second-order valence-electron chi connectivity index (χ2n) is 2.46. The molecular weight excluding hydrogens is 212 g/mol. The molecule has 0 aliphatic heterocycles. The van der Waals surface area contributed by atoms with Gasteiger partial charge in [0.25, 0.3) is 0 Å². The van der Waals surface area contributed by atoms with Crippen molar-refractivity contribution in [3.8, 4) is 0 Å². The van der Waals surface area contributed by atoms with Gasteiger partial charge < -0.3 is 14.9 Å². The van der Waals surface area contributed by atoms with E-state index in [4.69, 9.17) is 4.74 Å². The van der Waals surface area contributed by atoms with Gasteiger partial charge in [0.2, 0.25) is 0 Å². The molecule has 1 aliphatic rings. The highest BCUT2D eigenvalue weighted by atomic mass is 79.9. The summed E-state index contributed by atoms with van der Waals surface area (Å²) in [4.78, 5) is 0. The molecule has 0 saturated heterocycles. The molecule has 0 bridgehead atoms. The SMILES string of the molecule is COC1(C)C(O)=CC(Br)=C1O. The zero-order chi connectivity index (χ0) is 8.65. The molecule has 1 aliphatic carbocycles. The monoisotopic (exact) mass is 220 g/mol. The van der Waals surface area contributed by atoms with Gasteiger partial charge in [0.05, 0.1) is 4.48 Å². The van der Waals surface area contributed by atoms with Crippen molar-refractivity contribution in [2.45, 2.75) is 12.5 Å². The van der Waals surface area contributed by atoms with Crippen LogP contribution in [0.2, 0.25) is 0 Å². The van der Waals surface area contributed by atoms with Gasteiger partial charge in [-0.1, -0.05) is 0 Å². The number of methoxy groups -OCH3 is 1. The number of halogens is 1. The highest BCUT2D eigenvalue weighted by Gasteiger charge is 2.39. The fourth-order valence-corrected chi connectivity index (χ4v) is 1.47. The van der Waals surface area contributed by atoms with Gasteiger partial charge in [-0.2, -0.15) is 0 Å². The van der Waals surface area contributed by atoms with Crippen molar-refractivity contribution >= 4 is 15.9 Å². The first-order valence-corrected chi connectivity index (χ1v) is 3.87. The lowest BCUT2D eigenvalue weighted by atomic mass is 10.1. The molecule has 0 radical (unpaired) electrons. The van der Waals surface area contributed by atoms with Crippen LogP contribution < -0.4 is 0 Å². The summed E-state index contributed by atoms with van der Waals surface area (Å²) in [7, 11) is 1.42. The number of hydrogen-bond acceptors (Lipinski definition) is 3. The van der Waals surface area contributed by atoms with Crippen LogP contribution in [-0.2, 0) is 4.74 Å². The van der Waals surface area contributed by atoms with Crippen LogP contribution in [0, 0.1) is 0 Å². The van der Waals surface area contributed by atoms with Crippen LogP contribution in [0.1, 0.15) is 6.92 Å². The first-order valence-electron chi connectivity index (χ1n) is 3.08. The van der Waals surface area contributed by atoms with E-state index in [1.807, 2.05) is 0 Å². The van der Waals surface area contributed by atoms with E-state index in [0.29, 0.717) is 4.48 Å². The molecule has 3 nitrogen and oxygen atoms in total. The molecular formula is C7H9BrO3. The van der Waals surface area contributed by atoms with Gasteiger partial charge in [-0.05, 0) is 28.9 Å². The van der Waals surface area contributed by atoms with Gasteiger partial charge in [0, 0.05) is 7.11 Å². The molecule has 0 amide bonds. The summed E-state index contributed by atoms with van der Waals surface area (Å²) in [6.45, 7) is 1.59. The zero-order valence-corrected chi connectivity index (χ0v) is 7.84. The Hall–Kier alpha value is -0.480. The molecule has 1 unspecified atom stereocenters. The maximum Gasteiger partial charge on any atom is 0.179 e. The van der Waals surface area contributed by atoms with Crippen molar-refractivity contribution in [3.05, 3.63) is 22.1 Å². The second kappa shape index (κ2) is 2.53. The Morgan fingerprint density at radius 1 is 1.55 bits per heavy atom. The minimum Gasteiger partial charge on any atom is -0.509 e. The predicted molar refractivity (Wildman–Crippen MR) is 44.7 cm³/mol. The van der Waals surface area contributed by atoms with Gasteiger partial charge >= 0.3 is 0 Å². The van der Waals surface area contributed by atoms with Crippen LogP contribution in [0.25, 0.3) is 0 Å². The molecule has 0 spiro atoms. The molecule has 0 heterocycles. The molecule has 62 valence electrons. The standard InChI is InChI=1S/C7H9BrO3/c1-7(11-2)5(9)3-4(8)6(7)10/h3,9-10H,1-2H3. The average molecular weight is 221 g/mol. The molecule has 0 aromatic heterocycles. The largest absolute Gasteiger partial charge is 0.509 e. The Balaban J connectivity index is 3.09. The first kappa shape index (κ1) is 8.62. The van der Waals surface area contributed by atoms with E-state index < -0.39 is 5.60 Å². The minimum atomic E-state index is -1.07. The molecule has 4 heteroatoms. The summed E-state index contributed by atoms with van der Waals surface area (Å²) in [6, 6.07) is 0. The number of aliphatic hydroxyl groups excluding tert-OH is 2. The van der Waals surface area contributed by atoms with Crippen LogP contribution in [0.5, 0.6) is 0 Å². The number of allylic oxidation sites excluding steroid dienone is 2. The Bertz CT molecular complexity index is 244. The lowest BCUT2D eigenvalue weighted by Gasteiger charge is -2.22. The third-order valence-electron chi connectivity index (χ3n) is 1.84. The molecule has 0 saturated carbocycles. The molecule has 1 rings (SSSR count). The van der Waals surface area contributed by atoms with Crippen molar-refractivity contribution in [2.75, 3.05) is 7.11 Å². The predicted octanol–water partition coefficient (Wildman–Crippen LogP) is 2.01. The quantitative estimate of drug-likeness (QED) is 0.711. The number of aliphatic hydroxyl groups is 2. The van der Waals surface area contributed by atoms with Gasteiger partial charge in [-0.15, -0.1) is 0 Å². The van der Waals surface area contributed by atoms with Crippen molar-refractivity contribution in [1.82, 2.24) is 0 Å². The van der Waals surface area contributed by atoms with Crippen molar-refractivity contribution < 1.29 is 14.9 Å². The number of rotatable bonds is 1. The summed E-state index contributed by atoms with van der Waals surface area (Å²) in [5.41, 5.74) is -1.07. The summed E-state index contributed by atoms with van der Waals surface area (Å²) >= 11 is 3.07. The summed E-state index contributed by atoms with van der Waals surface area (Å²) in [6.07, 6.45) is 1.42. The summed E-state index contributed by atoms with van der Waals surface area (Å²) in [5.74, 6) is 0.00174. The van der Waals surface area contributed by atoms with E-state index >= 15 is 0 Å². The fraction of sp³-hybridized carbons (Fsp3) is 0.429. The third kappa shape index (κ3) is 1.06. The lowest BCUT2D eigenvalue weighted by molar-refractivity contribution is 0.00792. The van der Waals surface area contributed by atoms with E-state index in [9.17, 15) is 10.2 Å². The first-order chi connectivity index (χ1) is 5.02. The highest BCUT2D eigenvalue weighted by molar-refractivity contribution is 9.11. The molecule has 0 aromatic carbocycles. The maximum atomic E-state index is 9.38. The zero-order valence-electron chi connectivity index (χ0n) is 6.26. The molecule has 0 fully saturated rings. The molecule has 11 heavy (non-hydrogen) atoms. The van der Waals surface area contributed by atoms with E-state index in [2.05, 4.69) is 15.9 Å². The van der Waals surface area contributed by atoms with Gasteiger partial charge in [-0.25, -0.2) is 0 Å². The van der Waals surface area contributed by atoms with E-state index in [0.717, 1.165) is 0 Å². The average Bonchev–Trinajstić information content (AvgIpc) is 2.16. The second-order valence-corrected chi connectivity index (χ2v) is 3.32. The van der Waals surface area contributed by atoms with E-state index in [-0.39, 0.29) is 11.5 Å². The van der Waals surface area contributed by atoms with Crippen LogP contribution in [0.15, 0.2) is 22.1 Å². The lowest BCUT2D eigenvalue weighted by Crippen LogP contribution is -2.30. The topological polar surface area (TPSA) is 49.7 Å². The van der Waals surface area contributed by atoms with Crippen LogP contribution in [-0.4, -0.2) is 22.9 Å². The number of hydrogen-bond donors (Lipinski definition) is 2. The Morgan fingerprint density at radius 3 is 2.27 bits per heavy atom. The normalized spacial score (nSPS) is 31.0. The van der Waals surface area contributed by atoms with E-state index in [1.165, 1.54) is 13.2 Å². The Morgan fingerprint density at radius 2 is 2.09 bits per heavy atom. The fourth-order valence-electron chi connectivity index (χ4n) is 0.877. The smallest absolute Gasteiger partial charge is 0.179 e. The summed E-state index contributed by atoms with van der Waals surface area (Å²) in [5, 5.41) is 18.7. The molecule has 2 N–H and O–H groups in total. The van der Waals surface area contributed by atoms with Gasteiger partial charge in [0.15, 0.2) is 5.60 Å². The number of ether oxygens (including phenoxy) is 1. The van der Waals surface area contributed by atoms with Gasteiger partial charge in [-0.3, -0.25) is 0 Å². The highest BCUT2D eigenvalue weighted by Crippen LogP contribution is 2.37. The third-order valence-corrected chi connectivity index (χ3v) is 2.44. The molecule has 0 aromatic rings. The van der Waals surface area contributed by atoms with Crippen LogP contribution >= 0.6 is 15.9 Å². The van der Waals surface area contributed by atoms with Crippen molar-refractivity contribution in [1.29, 1.82) is 0 Å². The van der Waals surface area contributed by atoms with Crippen LogP contribution in [0.4, 0.5) is 0 Å². The van der Waals surface area contributed by atoms with E-state index in [1.54, 1.807) is 6.92 Å².